The number of halogens is 2. The van der Waals surface area contributed by atoms with Crippen molar-refractivity contribution >= 4 is 45.8 Å². The number of nitrogens with two attached hydrogens (primary N) is 1. The Bertz CT molecular complexity index is 704. The highest BCUT2D eigenvalue weighted by Gasteiger charge is 2.26. The van der Waals surface area contributed by atoms with E-state index in [9.17, 15) is 4.79 Å². The molecule has 0 saturated heterocycles. The Hall–Kier alpha value is -1.46. The van der Waals surface area contributed by atoms with E-state index >= 15 is 0 Å². The molecule has 0 saturated carbocycles. The van der Waals surface area contributed by atoms with Crippen molar-refractivity contribution in [2.75, 3.05) is 5.73 Å². The lowest BCUT2D eigenvalue weighted by Gasteiger charge is -2.22. The quantitative estimate of drug-likeness (QED) is 0.671. The molecule has 5 nitrogen and oxygen atoms in total. The Kier molecular flexibility index (Phi) is 4.08. The minimum absolute atomic E-state index is 0.266. The predicted molar refractivity (Wildman–Crippen MR) is 84.7 cm³/mol. The smallest absolute Gasteiger partial charge is 0.331 e. The lowest BCUT2D eigenvalue weighted by Crippen LogP contribution is -2.29. The van der Waals surface area contributed by atoms with Crippen molar-refractivity contribution in [2.45, 2.75) is 39.3 Å². The van der Waals surface area contributed by atoms with E-state index in [1.807, 2.05) is 20.8 Å². The zero-order valence-electron chi connectivity index (χ0n) is 12.3. The van der Waals surface area contributed by atoms with Crippen LogP contribution in [0.4, 0.5) is 5.69 Å². The number of aromatic nitrogens is 2. The van der Waals surface area contributed by atoms with Crippen LogP contribution in [0.2, 0.25) is 10.2 Å². The van der Waals surface area contributed by atoms with Crippen LogP contribution in [0.1, 0.15) is 33.7 Å². The molecule has 1 atom stereocenters. The summed E-state index contributed by atoms with van der Waals surface area (Å²) in [4.78, 5) is 12.2. The molecule has 0 radical (unpaired) electrons. The van der Waals surface area contributed by atoms with Crippen LogP contribution in [0, 0.1) is 0 Å². The standard InChI is InChI=1S/C14H17Cl2N3O2/c1-7(13(20)21-14(2,3)4)19-11-6-10(17)9(15)5-8(11)12(16)18-19/h5-7H,17H2,1-4H3. The molecular weight excluding hydrogens is 313 g/mol. The largest absolute Gasteiger partial charge is 0.458 e. The summed E-state index contributed by atoms with van der Waals surface area (Å²) in [6.07, 6.45) is 0. The van der Waals surface area contributed by atoms with Gasteiger partial charge in [0.1, 0.15) is 11.6 Å². The summed E-state index contributed by atoms with van der Waals surface area (Å²) < 4.78 is 6.86. The van der Waals surface area contributed by atoms with Crippen LogP contribution < -0.4 is 5.73 Å². The summed E-state index contributed by atoms with van der Waals surface area (Å²) in [6, 6.07) is 2.66. The van der Waals surface area contributed by atoms with E-state index in [4.69, 9.17) is 33.7 Å². The topological polar surface area (TPSA) is 70.1 Å². The van der Waals surface area contributed by atoms with Gasteiger partial charge in [-0.15, -0.1) is 0 Å². The van der Waals surface area contributed by atoms with Gasteiger partial charge in [0.15, 0.2) is 5.15 Å². The lowest BCUT2D eigenvalue weighted by atomic mass is 10.2. The second-order valence-corrected chi connectivity index (χ2v) is 6.60. The molecule has 1 aromatic carbocycles. The number of hydrogen-bond acceptors (Lipinski definition) is 4. The van der Waals surface area contributed by atoms with Crippen molar-refractivity contribution < 1.29 is 9.53 Å². The normalized spacial score (nSPS) is 13.4. The number of carbonyl (C=O) groups is 1. The molecule has 0 spiro atoms. The Labute approximate surface area is 132 Å². The van der Waals surface area contributed by atoms with Crippen molar-refractivity contribution in [3.05, 3.63) is 22.3 Å². The molecule has 0 aliphatic rings. The molecule has 2 rings (SSSR count). The van der Waals surface area contributed by atoms with Gasteiger partial charge in [-0.3, -0.25) is 0 Å². The van der Waals surface area contributed by atoms with Crippen LogP contribution in [0.5, 0.6) is 0 Å². The van der Waals surface area contributed by atoms with Gasteiger partial charge in [-0.2, -0.15) is 5.10 Å². The first kappa shape index (κ1) is 15.9. The van der Waals surface area contributed by atoms with Gasteiger partial charge in [-0.05, 0) is 39.8 Å². The summed E-state index contributed by atoms with van der Waals surface area (Å²) in [5, 5.41) is 5.50. The molecule has 2 aromatic rings. The second-order valence-electron chi connectivity index (χ2n) is 5.84. The van der Waals surface area contributed by atoms with Gasteiger partial charge in [-0.1, -0.05) is 23.2 Å². The highest BCUT2D eigenvalue weighted by atomic mass is 35.5. The molecule has 0 fully saturated rings. The number of ether oxygens (including phenoxy) is 1. The van der Waals surface area contributed by atoms with E-state index in [1.165, 1.54) is 4.68 Å². The van der Waals surface area contributed by atoms with E-state index < -0.39 is 17.6 Å². The molecule has 0 aliphatic heterocycles. The minimum Gasteiger partial charge on any atom is -0.458 e. The predicted octanol–water partition coefficient (Wildman–Crippen LogP) is 3.83. The summed E-state index contributed by atoms with van der Waals surface area (Å²) in [6.45, 7) is 7.12. The molecule has 0 bridgehead atoms. The average molecular weight is 330 g/mol. The zero-order chi connectivity index (χ0) is 15.9. The fourth-order valence-electron chi connectivity index (χ4n) is 1.92. The van der Waals surface area contributed by atoms with Gasteiger partial charge < -0.3 is 10.5 Å². The molecule has 21 heavy (non-hydrogen) atoms. The van der Waals surface area contributed by atoms with Crippen molar-refractivity contribution in [3.8, 4) is 0 Å². The number of rotatable bonds is 2. The van der Waals surface area contributed by atoms with Crippen LogP contribution in [-0.4, -0.2) is 21.4 Å². The van der Waals surface area contributed by atoms with E-state index in [1.54, 1.807) is 19.1 Å². The maximum atomic E-state index is 12.2. The zero-order valence-corrected chi connectivity index (χ0v) is 13.8. The first-order chi connectivity index (χ1) is 9.60. The van der Waals surface area contributed by atoms with Crippen molar-refractivity contribution in [3.63, 3.8) is 0 Å². The van der Waals surface area contributed by atoms with Crippen LogP contribution in [-0.2, 0) is 9.53 Å². The summed E-state index contributed by atoms with van der Waals surface area (Å²) in [7, 11) is 0. The Balaban J connectivity index is 2.47. The van der Waals surface area contributed by atoms with Gasteiger partial charge in [-0.25, -0.2) is 9.48 Å². The van der Waals surface area contributed by atoms with Crippen molar-refractivity contribution in [1.29, 1.82) is 0 Å². The average Bonchev–Trinajstić information content (AvgIpc) is 2.64. The van der Waals surface area contributed by atoms with E-state index in [2.05, 4.69) is 5.10 Å². The first-order valence-electron chi connectivity index (χ1n) is 6.46. The van der Waals surface area contributed by atoms with Crippen LogP contribution in [0.3, 0.4) is 0 Å². The fraction of sp³-hybridized carbons (Fsp3) is 0.429. The van der Waals surface area contributed by atoms with E-state index in [0.29, 0.717) is 21.6 Å². The number of anilines is 1. The SMILES string of the molecule is CC(C(=O)OC(C)(C)C)n1nc(Cl)c2cc(Cl)c(N)cc21. The molecule has 2 N–H and O–H groups in total. The number of carbonyl (C=O) groups excluding carboxylic acids is 1. The molecule has 1 heterocycles. The fourth-order valence-corrected chi connectivity index (χ4v) is 2.31. The molecule has 1 unspecified atom stereocenters. The van der Waals surface area contributed by atoms with Crippen molar-refractivity contribution in [1.82, 2.24) is 9.78 Å². The third-order valence-electron chi connectivity index (χ3n) is 2.89. The van der Waals surface area contributed by atoms with Gasteiger partial charge in [0.25, 0.3) is 0 Å². The first-order valence-corrected chi connectivity index (χ1v) is 7.21. The summed E-state index contributed by atoms with van der Waals surface area (Å²) >= 11 is 12.1. The Morgan fingerprint density at radius 3 is 2.57 bits per heavy atom. The van der Waals surface area contributed by atoms with Gasteiger partial charge in [0, 0.05) is 5.39 Å². The maximum absolute atomic E-state index is 12.2. The number of nitrogens with zero attached hydrogens (tertiary/aromatic N) is 2. The number of nitrogen functional groups attached to an aromatic ring is 1. The molecule has 7 heteroatoms. The molecular formula is C14H17Cl2N3O2. The Morgan fingerprint density at radius 1 is 1.38 bits per heavy atom. The number of esters is 1. The number of benzene rings is 1. The highest BCUT2D eigenvalue weighted by molar-refractivity contribution is 6.37. The number of fused-ring (bicyclic) bond motifs is 1. The maximum Gasteiger partial charge on any atom is 0.331 e. The van der Waals surface area contributed by atoms with E-state index in [-0.39, 0.29) is 5.15 Å². The number of hydrogen-bond donors (Lipinski definition) is 1. The van der Waals surface area contributed by atoms with Gasteiger partial charge in [0.05, 0.1) is 16.2 Å². The second kappa shape index (κ2) is 5.39. The molecule has 0 aliphatic carbocycles. The van der Waals surface area contributed by atoms with Gasteiger partial charge in [0.2, 0.25) is 0 Å². The minimum atomic E-state index is -0.625. The monoisotopic (exact) mass is 329 g/mol. The lowest BCUT2D eigenvalue weighted by molar-refractivity contribution is -0.158. The summed E-state index contributed by atoms with van der Waals surface area (Å²) in [5.41, 5.74) is 6.28. The van der Waals surface area contributed by atoms with Crippen molar-refractivity contribution in [2.24, 2.45) is 0 Å². The molecule has 0 amide bonds. The third-order valence-corrected chi connectivity index (χ3v) is 3.50. The molecule has 1 aromatic heterocycles. The van der Waals surface area contributed by atoms with E-state index in [0.717, 1.165) is 0 Å². The van der Waals surface area contributed by atoms with Crippen LogP contribution in [0.25, 0.3) is 10.9 Å². The van der Waals surface area contributed by atoms with Crippen LogP contribution in [0.15, 0.2) is 12.1 Å². The van der Waals surface area contributed by atoms with Gasteiger partial charge >= 0.3 is 5.97 Å². The third kappa shape index (κ3) is 3.24. The Morgan fingerprint density at radius 2 is 2.00 bits per heavy atom. The van der Waals surface area contributed by atoms with Crippen LogP contribution >= 0.6 is 23.2 Å². The molecule has 114 valence electrons. The highest BCUT2D eigenvalue weighted by Crippen LogP contribution is 2.32. The summed E-state index contributed by atoms with van der Waals surface area (Å²) in [5.74, 6) is -0.392.